The second kappa shape index (κ2) is 7.48. The van der Waals surface area contributed by atoms with Crippen molar-refractivity contribution in [1.82, 2.24) is 9.88 Å². The minimum absolute atomic E-state index is 0.0501. The molecule has 0 unspecified atom stereocenters. The summed E-state index contributed by atoms with van der Waals surface area (Å²) in [5, 5.41) is 1.50. The molecule has 1 amide bonds. The van der Waals surface area contributed by atoms with Crippen molar-refractivity contribution < 1.29 is 14.3 Å². The molecule has 3 aromatic rings. The van der Waals surface area contributed by atoms with E-state index in [9.17, 15) is 4.79 Å². The summed E-state index contributed by atoms with van der Waals surface area (Å²) in [5.41, 5.74) is 9.60. The molecule has 0 bridgehead atoms. The highest BCUT2D eigenvalue weighted by atomic mass is 16.5. The van der Waals surface area contributed by atoms with Crippen LogP contribution in [-0.2, 0) is 19.5 Å². The molecule has 0 aliphatic carbocycles. The molecule has 4 rings (SSSR count). The number of rotatable bonds is 4. The lowest BCUT2D eigenvalue weighted by Gasteiger charge is -2.29. The van der Waals surface area contributed by atoms with E-state index in [-0.39, 0.29) is 12.5 Å². The van der Waals surface area contributed by atoms with Crippen molar-refractivity contribution in [3.63, 3.8) is 0 Å². The molecular weight excluding hydrogens is 354 g/mol. The third-order valence-corrected chi connectivity index (χ3v) is 5.30. The van der Waals surface area contributed by atoms with Crippen LogP contribution in [0.2, 0.25) is 0 Å². The second-order valence-electron chi connectivity index (χ2n) is 6.82. The number of hydrogen-bond acceptors (Lipinski definition) is 5. The number of nitrogens with zero attached hydrogens (tertiary/aromatic N) is 2. The summed E-state index contributed by atoms with van der Waals surface area (Å²) < 4.78 is 10.9. The van der Waals surface area contributed by atoms with Gasteiger partial charge in [0.1, 0.15) is 11.5 Å². The summed E-state index contributed by atoms with van der Waals surface area (Å²) in [4.78, 5) is 19.7. The van der Waals surface area contributed by atoms with Gasteiger partial charge in [-0.15, -0.1) is 0 Å². The van der Waals surface area contributed by atoms with Crippen LogP contribution in [0.5, 0.6) is 11.5 Å². The van der Waals surface area contributed by atoms with Crippen molar-refractivity contribution in [3.8, 4) is 11.5 Å². The molecule has 0 atom stereocenters. The van der Waals surface area contributed by atoms with Crippen LogP contribution in [-0.4, -0.2) is 36.6 Å². The molecule has 1 aromatic heterocycles. The monoisotopic (exact) mass is 377 g/mol. The average Bonchev–Trinajstić information content (AvgIpc) is 2.76. The van der Waals surface area contributed by atoms with Crippen LogP contribution < -0.4 is 15.2 Å². The fourth-order valence-electron chi connectivity index (χ4n) is 3.82. The third kappa shape index (κ3) is 3.05. The van der Waals surface area contributed by atoms with Gasteiger partial charge in [0.2, 0.25) is 0 Å². The van der Waals surface area contributed by atoms with Crippen molar-refractivity contribution in [2.75, 3.05) is 20.8 Å². The van der Waals surface area contributed by atoms with E-state index in [4.69, 9.17) is 15.2 Å². The van der Waals surface area contributed by atoms with Crippen LogP contribution in [0.25, 0.3) is 10.8 Å². The highest BCUT2D eigenvalue weighted by Crippen LogP contribution is 2.35. The molecule has 0 spiro atoms. The van der Waals surface area contributed by atoms with Crippen LogP contribution >= 0.6 is 0 Å². The van der Waals surface area contributed by atoms with E-state index < -0.39 is 0 Å². The number of carbonyl (C=O) groups excluding carboxylic acids is 1. The van der Waals surface area contributed by atoms with Crippen molar-refractivity contribution in [3.05, 3.63) is 65.0 Å². The van der Waals surface area contributed by atoms with Gasteiger partial charge in [-0.3, -0.25) is 9.78 Å². The molecule has 0 radical (unpaired) electrons. The second-order valence-corrected chi connectivity index (χ2v) is 6.82. The molecule has 2 aromatic carbocycles. The molecule has 1 aliphatic heterocycles. The third-order valence-electron chi connectivity index (χ3n) is 5.30. The highest BCUT2D eigenvalue weighted by Gasteiger charge is 2.25. The molecule has 0 saturated heterocycles. The van der Waals surface area contributed by atoms with E-state index in [0.717, 1.165) is 17.2 Å². The molecule has 28 heavy (non-hydrogen) atoms. The number of nitrogens with two attached hydrogens (primary N) is 1. The van der Waals surface area contributed by atoms with E-state index in [1.165, 1.54) is 11.1 Å². The smallest absolute Gasteiger partial charge is 0.256 e. The number of pyridine rings is 1. The largest absolute Gasteiger partial charge is 0.497 e. The Morgan fingerprint density at radius 3 is 2.68 bits per heavy atom. The van der Waals surface area contributed by atoms with Gasteiger partial charge in [-0.1, -0.05) is 24.3 Å². The number of methoxy groups -OCH3 is 2. The van der Waals surface area contributed by atoms with Gasteiger partial charge in [0.25, 0.3) is 5.91 Å². The molecular formula is C22H23N3O3. The van der Waals surface area contributed by atoms with Crippen molar-refractivity contribution >= 4 is 16.7 Å². The predicted octanol–water partition coefficient (Wildman–Crippen LogP) is 2.91. The van der Waals surface area contributed by atoms with Gasteiger partial charge < -0.3 is 20.1 Å². The maximum Gasteiger partial charge on any atom is 0.256 e. The fraction of sp³-hybridized carbons (Fsp3) is 0.273. The lowest BCUT2D eigenvalue weighted by atomic mass is 9.98. The fourth-order valence-corrected chi connectivity index (χ4v) is 3.82. The van der Waals surface area contributed by atoms with Gasteiger partial charge >= 0.3 is 0 Å². The van der Waals surface area contributed by atoms with E-state index in [0.29, 0.717) is 35.8 Å². The number of aromatic nitrogens is 1. The van der Waals surface area contributed by atoms with Gasteiger partial charge in [0.05, 0.1) is 25.5 Å². The van der Waals surface area contributed by atoms with Crippen LogP contribution in [0.3, 0.4) is 0 Å². The topological polar surface area (TPSA) is 77.7 Å². The Bertz CT molecular complexity index is 1050. The highest BCUT2D eigenvalue weighted by molar-refractivity contribution is 6.09. The minimum Gasteiger partial charge on any atom is -0.497 e. The van der Waals surface area contributed by atoms with Crippen molar-refractivity contribution in [1.29, 1.82) is 0 Å². The zero-order valence-electron chi connectivity index (χ0n) is 16.1. The van der Waals surface area contributed by atoms with E-state index in [1.807, 2.05) is 23.1 Å². The van der Waals surface area contributed by atoms with Gasteiger partial charge in [-0.25, -0.2) is 0 Å². The number of carbonyl (C=O) groups is 1. The molecule has 2 N–H and O–H groups in total. The van der Waals surface area contributed by atoms with Crippen molar-refractivity contribution in [2.24, 2.45) is 5.73 Å². The van der Waals surface area contributed by atoms with Gasteiger partial charge in [0.15, 0.2) is 0 Å². The molecule has 1 aliphatic rings. The van der Waals surface area contributed by atoms with Crippen LogP contribution in [0.4, 0.5) is 0 Å². The normalized spacial score (nSPS) is 13.3. The first-order chi connectivity index (χ1) is 13.7. The Balaban J connectivity index is 1.81. The van der Waals surface area contributed by atoms with Crippen LogP contribution in [0, 0.1) is 0 Å². The summed E-state index contributed by atoms with van der Waals surface area (Å²) in [5.74, 6) is 1.17. The zero-order valence-corrected chi connectivity index (χ0v) is 16.1. The quantitative estimate of drug-likeness (QED) is 0.756. The Morgan fingerprint density at radius 2 is 1.96 bits per heavy atom. The summed E-state index contributed by atoms with van der Waals surface area (Å²) in [7, 11) is 3.18. The summed E-state index contributed by atoms with van der Waals surface area (Å²) in [6, 6.07) is 11.9. The number of amides is 1. The van der Waals surface area contributed by atoms with E-state index >= 15 is 0 Å². The Hall–Kier alpha value is -3.12. The van der Waals surface area contributed by atoms with Gasteiger partial charge in [0, 0.05) is 42.7 Å². The number of benzene rings is 2. The van der Waals surface area contributed by atoms with Crippen LogP contribution in [0.1, 0.15) is 27.2 Å². The molecule has 6 heteroatoms. The van der Waals surface area contributed by atoms with Gasteiger partial charge in [-0.05, 0) is 23.6 Å². The van der Waals surface area contributed by atoms with Gasteiger partial charge in [-0.2, -0.15) is 0 Å². The first-order valence-corrected chi connectivity index (χ1v) is 9.26. The summed E-state index contributed by atoms with van der Waals surface area (Å²) in [6.45, 7) is 1.53. The zero-order chi connectivity index (χ0) is 19.7. The molecule has 2 heterocycles. The SMILES string of the molecule is COc1cc(OC)c2c(CN)ncc(C(=O)N3CCc4ccccc4C3)c2c1. The lowest BCUT2D eigenvalue weighted by molar-refractivity contribution is 0.0736. The maximum absolute atomic E-state index is 13.4. The van der Waals surface area contributed by atoms with Crippen LogP contribution in [0.15, 0.2) is 42.6 Å². The average molecular weight is 377 g/mol. The first-order valence-electron chi connectivity index (χ1n) is 9.26. The number of fused-ring (bicyclic) bond motifs is 2. The minimum atomic E-state index is -0.0501. The Labute approximate surface area is 163 Å². The number of hydrogen-bond donors (Lipinski definition) is 1. The molecule has 144 valence electrons. The molecule has 0 fully saturated rings. The predicted molar refractivity (Wildman–Crippen MR) is 108 cm³/mol. The number of ether oxygens (including phenoxy) is 2. The first kappa shape index (κ1) is 18.3. The summed E-state index contributed by atoms with van der Waals surface area (Å²) >= 11 is 0. The summed E-state index contributed by atoms with van der Waals surface area (Å²) in [6.07, 6.45) is 2.47. The van der Waals surface area contributed by atoms with Crippen molar-refractivity contribution in [2.45, 2.75) is 19.5 Å². The Morgan fingerprint density at radius 1 is 1.18 bits per heavy atom. The standard InChI is InChI=1S/C22H23N3O3/c1-27-16-9-17-18(12-24-19(11-23)21(17)20(10-16)28-2)22(26)25-8-7-14-5-3-4-6-15(14)13-25/h3-6,9-10,12H,7-8,11,13,23H2,1-2H3. The van der Waals surface area contributed by atoms with E-state index in [1.54, 1.807) is 26.5 Å². The lowest BCUT2D eigenvalue weighted by Crippen LogP contribution is -2.36. The van der Waals surface area contributed by atoms with E-state index in [2.05, 4.69) is 17.1 Å². The molecule has 6 nitrogen and oxygen atoms in total. The molecule has 0 saturated carbocycles. The maximum atomic E-state index is 13.4. The Kier molecular flexibility index (Phi) is 4.88.